The van der Waals surface area contributed by atoms with Crippen LogP contribution in [-0.4, -0.2) is 41.0 Å². The molecule has 2 amide bonds. The summed E-state index contributed by atoms with van der Waals surface area (Å²) in [4.78, 5) is 30.5. The molecule has 28 heavy (non-hydrogen) atoms. The third-order valence-electron chi connectivity index (χ3n) is 4.66. The number of nitrogens with zero attached hydrogens (tertiary/aromatic N) is 2. The minimum Gasteiger partial charge on any atom is -0.337 e. The molecule has 1 aliphatic rings. The van der Waals surface area contributed by atoms with Crippen molar-refractivity contribution in [1.29, 1.82) is 0 Å². The van der Waals surface area contributed by atoms with Gasteiger partial charge in [-0.2, -0.15) is 13.2 Å². The van der Waals surface area contributed by atoms with E-state index in [0.717, 1.165) is 0 Å². The van der Waals surface area contributed by atoms with Gasteiger partial charge in [-0.1, -0.05) is 18.2 Å². The van der Waals surface area contributed by atoms with Gasteiger partial charge in [-0.25, -0.2) is 0 Å². The van der Waals surface area contributed by atoms with E-state index in [-0.39, 0.29) is 23.3 Å². The van der Waals surface area contributed by atoms with Gasteiger partial charge < -0.3 is 10.2 Å². The van der Waals surface area contributed by atoms with Crippen molar-refractivity contribution in [2.24, 2.45) is 5.92 Å². The summed E-state index contributed by atoms with van der Waals surface area (Å²) in [5.41, 5.74) is 0.985. The van der Waals surface area contributed by atoms with Gasteiger partial charge in [-0.3, -0.25) is 14.6 Å². The topological polar surface area (TPSA) is 62.3 Å². The molecule has 1 fully saturated rings. The Bertz CT molecular complexity index is 815. The molecule has 1 aromatic heterocycles. The van der Waals surface area contributed by atoms with E-state index in [1.807, 2.05) is 0 Å². The van der Waals surface area contributed by atoms with Crippen LogP contribution in [0.2, 0.25) is 0 Å². The molecule has 3 rings (SSSR count). The molecule has 1 aliphatic heterocycles. The lowest BCUT2D eigenvalue weighted by Gasteiger charge is -2.31. The van der Waals surface area contributed by atoms with Crippen LogP contribution in [-0.2, 0) is 11.2 Å². The molecule has 1 aromatic carbocycles. The number of likely N-dealkylation sites (tertiary alicyclic amines) is 1. The molecule has 0 bridgehead atoms. The number of hydrogen-bond donors (Lipinski definition) is 1. The van der Waals surface area contributed by atoms with E-state index in [2.05, 4.69) is 10.3 Å². The molecule has 148 valence electrons. The molecule has 8 heteroatoms. The highest BCUT2D eigenvalue weighted by Crippen LogP contribution is 2.23. The Morgan fingerprint density at radius 3 is 2.32 bits per heavy atom. The molecule has 2 aromatic rings. The standard InChI is InChI=1S/C20H20F3N3O2/c21-20(22,23)13-14-4-6-16(7-5-14)25-18(27)15-8-11-26(12-9-15)19(28)17-3-1-2-10-24-17/h1-7,10,15H,8-9,11-13H2,(H,25,27). The molecular weight excluding hydrogens is 371 g/mol. The number of aromatic nitrogens is 1. The summed E-state index contributed by atoms with van der Waals surface area (Å²) in [5.74, 6) is -0.587. The molecule has 0 saturated carbocycles. The van der Waals surface area contributed by atoms with Gasteiger partial charge in [0.05, 0.1) is 6.42 Å². The molecule has 1 N–H and O–H groups in total. The van der Waals surface area contributed by atoms with Crippen molar-refractivity contribution in [3.8, 4) is 0 Å². The van der Waals surface area contributed by atoms with Crippen molar-refractivity contribution < 1.29 is 22.8 Å². The Hall–Kier alpha value is -2.90. The van der Waals surface area contributed by atoms with Crippen molar-refractivity contribution in [2.75, 3.05) is 18.4 Å². The normalized spacial score (nSPS) is 15.3. The van der Waals surface area contributed by atoms with Crippen LogP contribution in [0.4, 0.5) is 18.9 Å². The predicted octanol–water partition coefficient (Wildman–Crippen LogP) is 3.68. The summed E-state index contributed by atoms with van der Waals surface area (Å²) in [7, 11) is 0. The van der Waals surface area contributed by atoms with Gasteiger partial charge in [-0.15, -0.1) is 0 Å². The lowest BCUT2D eigenvalue weighted by atomic mass is 9.95. The maximum atomic E-state index is 12.4. The summed E-state index contributed by atoms with van der Waals surface area (Å²) in [6, 6.07) is 10.8. The zero-order valence-electron chi connectivity index (χ0n) is 15.1. The number of anilines is 1. The van der Waals surface area contributed by atoms with Crippen molar-refractivity contribution in [2.45, 2.75) is 25.4 Å². The predicted molar refractivity (Wildman–Crippen MR) is 97.7 cm³/mol. The van der Waals surface area contributed by atoms with Gasteiger partial charge in [0.25, 0.3) is 5.91 Å². The van der Waals surface area contributed by atoms with Crippen LogP contribution in [0, 0.1) is 5.92 Å². The molecule has 2 heterocycles. The number of carbonyl (C=O) groups excluding carboxylic acids is 2. The molecule has 0 spiro atoms. The Morgan fingerprint density at radius 2 is 1.75 bits per heavy atom. The third kappa shape index (κ3) is 5.31. The summed E-state index contributed by atoms with van der Waals surface area (Å²) in [6.07, 6.45) is -2.64. The Kier molecular flexibility index (Phi) is 5.96. The van der Waals surface area contributed by atoms with Crippen molar-refractivity contribution in [3.63, 3.8) is 0 Å². The number of pyridine rings is 1. The summed E-state index contributed by atoms with van der Waals surface area (Å²) >= 11 is 0. The number of alkyl halides is 3. The number of piperidine rings is 1. The van der Waals surface area contributed by atoms with Gasteiger partial charge in [0.15, 0.2) is 0 Å². The number of hydrogen-bond acceptors (Lipinski definition) is 3. The van der Waals surface area contributed by atoms with Crippen molar-refractivity contribution in [1.82, 2.24) is 9.88 Å². The number of nitrogens with one attached hydrogen (secondary N) is 1. The van der Waals surface area contributed by atoms with E-state index in [0.29, 0.717) is 37.3 Å². The molecular formula is C20H20F3N3O2. The first-order valence-electron chi connectivity index (χ1n) is 8.99. The SMILES string of the molecule is O=C(Nc1ccc(CC(F)(F)F)cc1)C1CCN(C(=O)c2ccccn2)CC1. The van der Waals surface area contributed by atoms with Gasteiger partial charge in [0.2, 0.25) is 5.91 Å². The van der Waals surface area contributed by atoms with E-state index in [4.69, 9.17) is 0 Å². The first-order valence-corrected chi connectivity index (χ1v) is 8.99. The van der Waals surface area contributed by atoms with Gasteiger partial charge in [-0.05, 0) is 42.7 Å². The fraction of sp³-hybridized carbons (Fsp3) is 0.350. The molecule has 1 saturated heterocycles. The minimum absolute atomic E-state index is 0.145. The fourth-order valence-electron chi connectivity index (χ4n) is 3.18. The largest absolute Gasteiger partial charge is 0.393 e. The average molecular weight is 391 g/mol. The third-order valence-corrected chi connectivity index (χ3v) is 4.66. The molecule has 0 aliphatic carbocycles. The van der Waals surface area contributed by atoms with E-state index in [9.17, 15) is 22.8 Å². The van der Waals surface area contributed by atoms with Crippen LogP contribution in [0.25, 0.3) is 0 Å². The summed E-state index contributed by atoms with van der Waals surface area (Å²) in [6.45, 7) is 0.913. The highest BCUT2D eigenvalue weighted by Gasteiger charge is 2.29. The van der Waals surface area contributed by atoms with Crippen LogP contribution >= 0.6 is 0 Å². The first-order chi connectivity index (χ1) is 13.3. The van der Waals surface area contributed by atoms with Crippen molar-refractivity contribution >= 4 is 17.5 Å². The second kappa shape index (κ2) is 8.41. The maximum Gasteiger partial charge on any atom is 0.393 e. The first kappa shape index (κ1) is 19.9. The number of rotatable bonds is 4. The lowest BCUT2D eigenvalue weighted by Crippen LogP contribution is -2.41. The Balaban J connectivity index is 1.51. The van der Waals surface area contributed by atoms with Crippen LogP contribution in [0.1, 0.15) is 28.9 Å². The maximum absolute atomic E-state index is 12.4. The lowest BCUT2D eigenvalue weighted by molar-refractivity contribution is -0.127. The highest BCUT2D eigenvalue weighted by molar-refractivity contribution is 5.94. The number of amides is 2. The second-order valence-electron chi connectivity index (χ2n) is 6.76. The second-order valence-corrected chi connectivity index (χ2v) is 6.76. The Morgan fingerprint density at radius 1 is 1.07 bits per heavy atom. The quantitative estimate of drug-likeness (QED) is 0.865. The highest BCUT2D eigenvalue weighted by atomic mass is 19.4. The minimum atomic E-state index is -4.26. The van der Waals surface area contributed by atoms with Gasteiger partial charge >= 0.3 is 6.18 Å². The number of halogens is 3. The zero-order chi connectivity index (χ0) is 20.1. The zero-order valence-corrected chi connectivity index (χ0v) is 15.1. The van der Waals surface area contributed by atoms with E-state index >= 15 is 0 Å². The summed E-state index contributed by atoms with van der Waals surface area (Å²) in [5, 5.41) is 2.74. The van der Waals surface area contributed by atoms with Gasteiger partial charge in [0, 0.05) is 30.9 Å². The van der Waals surface area contributed by atoms with E-state index < -0.39 is 12.6 Å². The molecule has 0 atom stereocenters. The number of benzene rings is 1. The van der Waals surface area contributed by atoms with Crippen LogP contribution in [0.3, 0.4) is 0 Å². The number of carbonyl (C=O) groups is 2. The van der Waals surface area contributed by atoms with Crippen LogP contribution < -0.4 is 5.32 Å². The van der Waals surface area contributed by atoms with Crippen molar-refractivity contribution in [3.05, 3.63) is 59.9 Å². The van der Waals surface area contributed by atoms with Gasteiger partial charge in [0.1, 0.15) is 5.69 Å². The van der Waals surface area contributed by atoms with Crippen LogP contribution in [0.15, 0.2) is 48.7 Å². The van der Waals surface area contributed by atoms with E-state index in [1.165, 1.54) is 24.3 Å². The Labute approximate surface area is 160 Å². The fourth-order valence-corrected chi connectivity index (χ4v) is 3.18. The smallest absolute Gasteiger partial charge is 0.337 e. The summed E-state index contributed by atoms with van der Waals surface area (Å²) < 4.78 is 37.2. The molecule has 0 radical (unpaired) electrons. The average Bonchev–Trinajstić information content (AvgIpc) is 2.68. The molecule has 0 unspecified atom stereocenters. The van der Waals surface area contributed by atoms with E-state index in [1.54, 1.807) is 29.3 Å². The van der Waals surface area contributed by atoms with Crippen LogP contribution in [0.5, 0.6) is 0 Å². The monoisotopic (exact) mass is 391 g/mol. The molecule has 5 nitrogen and oxygen atoms in total.